The van der Waals surface area contributed by atoms with Gasteiger partial charge in [0.05, 0.1) is 5.69 Å². The predicted octanol–water partition coefficient (Wildman–Crippen LogP) is 4.45. The van der Waals surface area contributed by atoms with E-state index in [1.54, 1.807) is 19.1 Å². The summed E-state index contributed by atoms with van der Waals surface area (Å²) in [5.74, 6) is 0.648. The Kier molecular flexibility index (Phi) is 4.60. The summed E-state index contributed by atoms with van der Waals surface area (Å²) in [5.41, 5.74) is 3.35. The van der Waals surface area contributed by atoms with Crippen molar-refractivity contribution >= 4 is 11.6 Å². The summed E-state index contributed by atoms with van der Waals surface area (Å²) < 4.78 is 2.07. The molecule has 1 amide bonds. The second-order valence-electron chi connectivity index (χ2n) is 6.75. The largest absolute Gasteiger partial charge is 0.507 e. The Morgan fingerprint density at radius 1 is 1.38 bits per heavy atom. The lowest BCUT2D eigenvalue weighted by molar-refractivity contribution is -0.115. The molecule has 0 spiro atoms. The van der Waals surface area contributed by atoms with Crippen LogP contribution in [0, 0.1) is 0 Å². The first-order valence-corrected chi connectivity index (χ1v) is 8.72. The average molecular weight is 327 g/mol. The summed E-state index contributed by atoms with van der Waals surface area (Å²) in [5, 5.41) is 17.9. The molecule has 0 bridgehead atoms. The molecule has 0 atom stereocenters. The quantitative estimate of drug-likeness (QED) is 0.852. The Labute approximate surface area is 142 Å². The molecule has 128 valence electrons. The lowest BCUT2D eigenvalue weighted by Crippen LogP contribution is -2.16. The van der Waals surface area contributed by atoms with Gasteiger partial charge in [-0.25, -0.2) is 0 Å². The maximum absolute atomic E-state index is 11.5. The van der Waals surface area contributed by atoms with Crippen molar-refractivity contribution in [1.29, 1.82) is 0 Å². The minimum Gasteiger partial charge on any atom is -0.507 e. The van der Waals surface area contributed by atoms with Crippen LogP contribution in [0.5, 0.6) is 5.75 Å². The summed E-state index contributed by atoms with van der Waals surface area (Å²) >= 11 is 0. The highest BCUT2D eigenvalue weighted by Crippen LogP contribution is 2.40. The van der Waals surface area contributed by atoms with Gasteiger partial charge in [0.2, 0.25) is 5.91 Å². The third-order valence-electron chi connectivity index (χ3n) is 4.66. The fourth-order valence-electron chi connectivity index (χ4n) is 3.04. The molecule has 0 radical (unpaired) electrons. The minimum absolute atomic E-state index is 0.0708. The first kappa shape index (κ1) is 16.6. The van der Waals surface area contributed by atoms with Crippen molar-refractivity contribution in [3.8, 4) is 17.0 Å². The molecule has 0 aliphatic heterocycles. The molecule has 2 aromatic rings. The number of phenols is 1. The average Bonchev–Trinajstić information content (AvgIpc) is 2.90. The highest BCUT2D eigenvalue weighted by atomic mass is 16.3. The zero-order chi connectivity index (χ0) is 17.3. The number of carbonyl (C=O) groups is 1. The van der Waals surface area contributed by atoms with Crippen LogP contribution in [-0.2, 0) is 4.79 Å². The Morgan fingerprint density at radius 3 is 2.67 bits per heavy atom. The maximum atomic E-state index is 11.5. The zero-order valence-corrected chi connectivity index (χ0v) is 14.5. The first-order chi connectivity index (χ1) is 11.5. The summed E-state index contributed by atoms with van der Waals surface area (Å²) in [4.78, 5) is 11.5. The second-order valence-corrected chi connectivity index (χ2v) is 6.75. The van der Waals surface area contributed by atoms with Gasteiger partial charge in [0.15, 0.2) is 0 Å². The second kappa shape index (κ2) is 6.67. The molecule has 1 saturated carbocycles. The molecule has 1 aromatic heterocycles. The fourth-order valence-corrected chi connectivity index (χ4v) is 3.04. The number of aromatic nitrogens is 2. The lowest BCUT2D eigenvalue weighted by atomic mass is 9.82. The molecule has 1 aliphatic rings. The van der Waals surface area contributed by atoms with Crippen LogP contribution in [0.15, 0.2) is 24.3 Å². The van der Waals surface area contributed by atoms with Crippen LogP contribution in [0.25, 0.3) is 11.3 Å². The van der Waals surface area contributed by atoms with Gasteiger partial charge >= 0.3 is 0 Å². The minimum atomic E-state index is -0.0708. The van der Waals surface area contributed by atoms with Crippen LogP contribution in [-0.4, -0.2) is 20.8 Å². The molecule has 0 saturated heterocycles. The standard InChI is InChI=1S/C19H25N3O2/c1-4-19(24)20-14-8-9-15(18(23)10-14)16-11-17(13-6-5-7-13)22(21-16)12(2)3/h8-13,23H,4-7H2,1-3H3,(H,20,24). The number of benzene rings is 1. The molecule has 1 aromatic carbocycles. The van der Waals surface area contributed by atoms with Gasteiger partial charge in [-0.2, -0.15) is 5.10 Å². The Bertz CT molecular complexity index is 745. The van der Waals surface area contributed by atoms with E-state index in [1.807, 2.05) is 6.07 Å². The van der Waals surface area contributed by atoms with Crippen LogP contribution in [0.1, 0.15) is 64.1 Å². The van der Waals surface area contributed by atoms with E-state index in [9.17, 15) is 9.90 Å². The predicted molar refractivity (Wildman–Crippen MR) is 95.2 cm³/mol. The molecule has 5 nitrogen and oxygen atoms in total. The van der Waals surface area contributed by atoms with Gasteiger partial charge in [0, 0.05) is 41.4 Å². The van der Waals surface area contributed by atoms with Crippen molar-refractivity contribution in [3.05, 3.63) is 30.0 Å². The van der Waals surface area contributed by atoms with Crippen molar-refractivity contribution in [3.63, 3.8) is 0 Å². The van der Waals surface area contributed by atoms with E-state index in [0.717, 1.165) is 5.69 Å². The number of hydrogen-bond acceptors (Lipinski definition) is 3. The smallest absolute Gasteiger partial charge is 0.224 e. The van der Waals surface area contributed by atoms with Crippen molar-refractivity contribution in [2.75, 3.05) is 5.32 Å². The van der Waals surface area contributed by atoms with Crippen LogP contribution in [0.3, 0.4) is 0 Å². The monoisotopic (exact) mass is 327 g/mol. The van der Waals surface area contributed by atoms with E-state index >= 15 is 0 Å². The Morgan fingerprint density at radius 2 is 2.12 bits per heavy atom. The van der Waals surface area contributed by atoms with E-state index in [-0.39, 0.29) is 11.7 Å². The van der Waals surface area contributed by atoms with E-state index in [1.165, 1.54) is 25.0 Å². The van der Waals surface area contributed by atoms with E-state index in [2.05, 4.69) is 29.9 Å². The highest BCUT2D eigenvalue weighted by molar-refractivity contribution is 5.91. The van der Waals surface area contributed by atoms with E-state index in [4.69, 9.17) is 5.10 Å². The van der Waals surface area contributed by atoms with Gasteiger partial charge in [-0.3, -0.25) is 9.48 Å². The third-order valence-corrected chi connectivity index (χ3v) is 4.66. The van der Waals surface area contributed by atoms with Crippen molar-refractivity contribution in [2.24, 2.45) is 0 Å². The molecular formula is C19H25N3O2. The van der Waals surface area contributed by atoms with Gasteiger partial charge < -0.3 is 10.4 Å². The highest BCUT2D eigenvalue weighted by Gasteiger charge is 2.26. The van der Waals surface area contributed by atoms with E-state index in [0.29, 0.717) is 29.6 Å². The molecule has 3 rings (SSSR count). The summed E-state index contributed by atoms with van der Waals surface area (Å²) in [6.07, 6.45) is 4.12. The zero-order valence-electron chi connectivity index (χ0n) is 14.5. The lowest BCUT2D eigenvalue weighted by Gasteiger charge is -2.27. The molecule has 0 unspecified atom stereocenters. The van der Waals surface area contributed by atoms with E-state index < -0.39 is 0 Å². The van der Waals surface area contributed by atoms with Crippen molar-refractivity contribution < 1.29 is 9.90 Å². The molecular weight excluding hydrogens is 302 g/mol. The van der Waals surface area contributed by atoms with Gasteiger partial charge in [-0.05, 0) is 44.9 Å². The van der Waals surface area contributed by atoms with Crippen molar-refractivity contribution in [1.82, 2.24) is 9.78 Å². The molecule has 24 heavy (non-hydrogen) atoms. The van der Waals surface area contributed by atoms with Crippen LogP contribution in [0.4, 0.5) is 5.69 Å². The molecule has 5 heteroatoms. The number of nitrogens with zero attached hydrogens (tertiary/aromatic N) is 2. The van der Waals surface area contributed by atoms with Crippen LogP contribution < -0.4 is 5.32 Å². The summed E-state index contributed by atoms with van der Waals surface area (Å²) in [6.45, 7) is 6.05. The summed E-state index contributed by atoms with van der Waals surface area (Å²) in [6, 6.07) is 7.60. The molecule has 2 N–H and O–H groups in total. The number of phenolic OH excluding ortho intramolecular Hbond substituents is 1. The number of carbonyl (C=O) groups excluding carboxylic acids is 1. The van der Waals surface area contributed by atoms with Crippen LogP contribution in [0.2, 0.25) is 0 Å². The first-order valence-electron chi connectivity index (χ1n) is 8.72. The molecule has 1 fully saturated rings. The Balaban J connectivity index is 1.92. The molecule has 1 aliphatic carbocycles. The third kappa shape index (κ3) is 3.16. The number of aromatic hydroxyl groups is 1. The fraction of sp³-hybridized carbons (Fsp3) is 0.474. The normalized spacial score (nSPS) is 14.7. The number of nitrogens with one attached hydrogen (secondary N) is 1. The van der Waals surface area contributed by atoms with Gasteiger partial charge in [0.1, 0.15) is 5.75 Å². The summed E-state index contributed by atoms with van der Waals surface area (Å²) in [7, 11) is 0. The number of anilines is 1. The van der Waals surface area contributed by atoms with Gasteiger partial charge in [0.25, 0.3) is 0 Å². The van der Waals surface area contributed by atoms with Gasteiger partial charge in [-0.1, -0.05) is 13.3 Å². The number of hydrogen-bond donors (Lipinski definition) is 2. The van der Waals surface area contributed by atoms with Crippen LogP contribution >= 0.6 is 0 Å². The SMILES string of the molecule is CCC(=O)Nc1ccc(-c2cc(C3CCC3)n(C(C)C)n2)c(O)c1. The topological polar surface area (TPSA) is 67.2 Å². The maximum Gasteiger partial charge on any atom is 0.224 e. The number of rotatable bonds is 5. The molecule has 1 heterocycles. The van der Waals surface area contributed by atoms with Gasteiger partial charge in [-0.15, -0.1) is 0 Å². The Hall–Kier alpha value is -2.30. The number of amides is 1. The van der Waals surface area contributed by atoms with Crippen molar-refractivity contribution in [2.45, 2.75) is 58.4 Å².